The van der Waals surface area contributed by atoms with Gasteiger partial charge >= 0.3 is 0 Å². The van der Waals surface area contributed by atoms with E-state index in [0.29, 0.717) is 27.0 Å². The van der Waals surface area contributed by atoms with Crippen LogP contribution in [-0.2, 0) is 0 Å². The van der Waals surface area contributed by atoms with Crippen molar-refractivity contribution in [2.24, 2.45) is 5.73 Å². The van der Waals surface area contributed by atoms with Gasteiger partial charge in [0, 0.05) is 0 Å². The Bertz CT molecular complexity index is 641. The second kappa shape index (κ2) is 5.51. The normalized spacial score (nSPS) is 10.3. The first-order valence-electron chi connectivity index (χ1n) is 5.61. The number of para-hydroxylation sites is 1. The molecule has 0 atom stereocenters. The van der Waals surface area contributed by atoms with E-state index in [1.165, 1.54) is 0 Å². The summed E-state index contributed by atoms with van der Waals surface area (Å²) >= 11 is 12.3. The average Bonchev–Trinajstić information content (AvgIpc) is 2.39. The van der Waals surface area contributed by atoms with Crippen LogP contribution in [0, 0.1) is 6.92 Å². The molecule has 1 amide bonds. The maximum Gasteiger partial charge on any atom is 0.250 e. The predicted octanol–water partition coefficient (Wildman–Crippen LogP) is 4.14. The van der Waals surface area contributed by atoms with Crippen molar-refractivity contribution in [2.45, 2.75) is 6.92 Å². The van der Waals surface area contributed by atoms with Gasteiger partial charge in [0.2, 0.25) is 0 Å². The summed E-state index contributed by atoms with van der Waals surface area (Å²) in [5, 5.41) is 4.07. The minimum absolute atomic E-state index is 0.385. The molecule has 0 spiro atoms. The lowest BCUT2D eigenvalue weighted by Gasteiger charge is -2.14. The molecule has 5 heteroatoms. The number of carbonyl (C=O) groups excluding carboxylic acids is 1. The fourth-order valence-electron chi connectivity index (χ4n) is 1.71. The summed E-state index contributed by atoms with van der Waals surface area (Å²) < 4.78 is 0. The van der Waals surface area contributed by atoms with Gasteiger partial charge in [0.15, 0.2) is 0 Å². The van der Waals surface area contributed by atoms with Gasteiger partial charge < -0.3 is 11.1 Å². The summed E-state index contributed by atoms with van der Waals surface area (Å²) in [6, 6.07) is 10.5. The Morgan fingerprint density at radius 1 is 1.16 bits per heavy atom. The van der Waals surface area contributed by atoms with E-state index in [2.05, 4.69) is 5.32 Å². The molecule has 0 aliphatic carbocycles. The predicted molar refractivity (Wildman–Crippen MR) is 79.4 cm³/mol. The fraction of sp³-hybridized carbons (Fsp3) is 0.0714. The number of hydrogen-bond donors (Lipinski definition) is 2. The van der Waals surface area contributed by atoms with Gasteiger partial charge in [-0.05, 0) is 30.7 Å². The van der Waals surface area contributed by atoms with Gasteiger partial charge in [-0.2, -0.15) is 0 Å². The van der Waals surface area contributed by atoms with Crippen molar-refractivity contribution >= 4 is 40.5 Å². The number of carbonyl (C=O) groups is 1. The van der Waals surface area contributed by atoms with Gasteiger partial charge in [0.1, 0.15) is 0 Å². The fourth-order valence-corrected chi connectivity index (χ4v) is 2.18. The Kier molecular flexibility index (Phi) is 3.98. The van der Waals surface area contributed by atoms with Gasteiger partial charge in [-0.15, -0.1) is 0 Å². The molecule has 0 aromatic heterocycles. The molecular formula is C14H12Cl2N2O. The van der Waals surface area contributed by atoms with E-state index < -0.39 is 5.91 Å². The molecule has 0 bridgehead atoms. The van der Waals surface area contributed by atoms with Crippen LogP contribution < -0.4 is 11.1 Å². The van der Waals surface area contributed by atoms with Gasteiger partial charge in [0.25, 0.3) is 5.91 Å². The minimum Gasteiger partial charge on any atom is -0.366 e. The van der Waals surface area contributed by atoms with Gasteiger partial charge in [-0.3, -0.25) is 4.79 Å². The van der Waals surface area contributed by atoms with Crippen LogP contribution in [0.5, 0.6) is 0 Å². The molecular weight excluding hydrogens is 283 g/mol. The topological polar surface area (TPSA) is 55.1 Å². The van der Waals surface area contributed by atoms with E-state index in [0.717, 1.165) is 5.56 Å². The summed E-state index contributed by atoms with van der Waals surface area (Å²) in [6.07, 6.45) is 0. The number of nitrogens with one attached hydrogen (secondary N) is 1. The van der Waals surface area contributed by atoms with E-state index in [1.54, 1.807) is 30.3 Å². The molecule has 0 fully saturated rings. The van der Waals surface area contributed by atoms with E-state index >= 15 is 0 Å². The van der Waals surface area contributed by atoms with Crippen molar-refractivity contribution in [3.63, 3.8) is 0 Å². The van der Waals surface area contributed by atoms with Crippen LogP contribution in [0.3, 0.4) is 0 Å². The molecule has 2 rings (SSSR count). The van der Waals surface area contributed by atoms with Gasteiger partial charge in [-0.1, -0.05) is 41.4 Å². The monoisotopic (exact) mass is 294 g/mol. The molecule has 0 heterocycles. The van der Waals surface area contributed by atoms with E-state index in [1.807, 2.05) is 13.0 Å². The molecule has 0 aliphatic rings. The standard InChI is InChI=1S/C14H12Cl2N2O/c1-8-6-7-10(15)13(12(8)16)18-11-5-3-2-4-9(11)14(17)19/h2-7,18H,1H3,(H2,17,19). The van der Waals surface area contributed by atoms with Crippen molar-refractivity contribution in [1.29, 1.82) is 0 Å². The quantitative estimate of drug-likeness (QED) is 0.894. The van der Waals surface area contributed by atoms with Crippen molar-refractivity contribution < 1.29 is 4.79 Å². The van der Waals surface area contributed by atoms with E-state index in [4.69, 9.17) is 28.9 Å². The highest BCUT2D eigenvalue weighted by molar-refractivity contribution is 6.39. The summed E-state index contributed by atoms with van der Waals surface area (Å²) in [7, 11) is 0. The van der Waals surface area contributed by atoms with Crippen LogP contribution in [0.4, 0.5) is 11.4 Å². The zero-order valence-corrected chi connectivity index (χ0v) is 11.7. The van der Waals surface area contributed by atoms with Gasteiger partial charge in [0.05, 0.1) is 27.0 Å². The van der Waals surface area contributed by atoms with Gasteiger partial charge in [-0.25, -0.2) is 0 Å². The smallest absolute Gasteiger partial charge is 0.250 e. The lowest BCUT2D eigenvalue weighted by atomic mass is 10.1. The first kappa shape index (κ1) is 13.7. The number of halogens is 2. The van der Waals surface area contributed by atoms with Crippen molar-refractivity contribution in [1.82, 2.24) is 0 Å². The second-order valence-corrected chi connectivity index (χ2v) is 4.87. The Balaban J connectivity index is 2.48. The van der Waals surface area contributed by atoms with Crippen LogP contribution in [0.1, 0.15) is 15.9 Å². The number of aryl methyl sites for hydroxylation is 1. The zero-order chi connectivity index (χ0) is 14.0. The SMILES string of the molecule is Cc1ccc(Cl)c(Nc2ccccc2C(N)=O)c1Cl. The van der Waals surface area contributed by atoms with Crippen LogP contribution in [0.25, 0.3) is 0 Å². The molecule has 3 N–H and O–H groups in total. The molecule has 0 radical (unpaired) electrons. The lowest BCUT2D eigenvalue weighted by molar-refractivity contribution is 0.100. The molecule has 0 unspecified atom stereocenters. The maximum atomic E-state index is 11.4. The highest BCUT2D eigenvalue weighted by atomic mass is 35.5. The zero-order valence-electron chi connectivity index (χ0n) is 10.2. The molecule has 2 aromatic carbocycles. The Morgan fingerprint density at radius 3 is 2.53 bits per heavy atom. The first-order valence-corrected chi connectivity index (χ1v) is 6.36. The molecule has 2 aromatic rings. The Hall–Kier alpha value is -1.71. The van der Waals surface area contributed by atoms with Crippen molar-refractivity contribution in [3.05, 3.63) is 57.6 Å². The second-order valence-electron chi connectivity index (χ2n) is 4.09. The van der Waals surface area contributed by atoms with E-state index in [-0.39, 0.29) is 0 Å². The third kappa shape index (κ3) is 2.83. The Morgan fingerprint density at radius 2 is 1.84 bits per heavy atom. The highest BCUT2D eigenvalue weighted by Crippen LogP contribution is 2.35. The first-order chi connectivity index (χ1) is 9.00. The number of nitrogens with two attached hydrogens (primary N) is 1. The van der Waals surface area contributed by atoms with Crippen LogP contribution >= 0.6 is 23.2 Å². The summed E-state index contributed by atoms with van der Waals surface area (Å²) in [5.74, 6) is -0.511. The molecule has 98 valence electrons. The number of amides is 1. The lowest BCUT2D eigenvalue weighted by Crippen LogP contribution is -2.13. The van der Waals surface area contributed by atoms with Crippen molar-refractivity contribution in [2.75, 3.05) is 5.32 Å². The highest BCUT2D eigenvalue weighted by Gasteiger charge is 2.12. The number of rotatable bonds is 3. The average molecular weight is 295 g/mol. The maximum absolute atomic E-state index is 11.4. The number of benzene rings is 2. The summed E-state index contributed by atoms with van der Waals surface area (Å²) in [5.41, 5.74) is 7.75. The van der Waals surface area contributed by atoms with E-state index in [9.17, 15) is 4.79 Å². The number of primary amides is 1. The van der Waals surface area contributed by atoms with Crippen LogP contribution in [-0.4, -0.2) is 5.91 Å². The summed E-state index contributed by atoms with van der Waals surface area (Å²) in [4.78, 5) is 11.4. The molecule has 19 heavy (non-hydrogen) atoms. The van der Waals surface area contributed by atoms with Crippen LogP contribution in [0.15, 0.2) is 36.4 Å². The molecule has 0 saturated carbocycles. The van der Waals surface area contributed by atoms with Crippen LogP contribution in [0.2, 0.25) is 10.0 Å². The Labute approximate surface area is 121 Å². The third-order valence-electron chi connectivity index (χ3n) is 2.74. The number of hydrogen-bond acceptors (Lipinski definition) is 2. The van der Waals surface area contributed by atoms with Crippen molar-refractivity contribution in [3.8, 4) is 0 Å². The molecule has 3 nitrogen and oxygen atoms in total. The number of anilines is 2. The minimum atomic E-state index is -0.511. The largest absolute Gasteiger partial charge is 0.366 e. The third-order valence-corrected chi connectivity index (χ3v) is 3.54. The summed E-state index contributed by atoms with van der Waals surface area (Å²) in [6.45, 7) is 1.88. The molecule has 0 saturated heterocycles. The molecule has 0 aliphatic heterocycles.